The number of nitrogens with two attached hydrogens (primary N) is 1. The Balaban J connectivity index is 2.48. The van der Waals surface area contributed by atoms with Crippen LogP contribution in [-0.4, -0.2) is 15.7 Å². The number of aryl methyl sites for hydroxylation is 1. The Morgan fingerprint density at radius 2 is 2.12 bits per heavy atom. The van der Waals surface area contributed by atoms with Gasteiger partial charge in [0.25, 0.3) is 11.5 Å². The molecule has 17 heavy (non-hydrogen) atoms. The molecule has 1 heterocycles. The number of carbonyl (C=O) groups is 1. The number of rotatable bonds is 2. The highest BCUT2D eigenvalue weighted by Gasteiger charge is 2.14. The second-order valence-electron chi connectivity index (χ2n) is 3.78. The van der Waals surface area contributed by atoms with Gasteiger partial charge in [0.05, 0.1) is 5.69 Å². The fourth-order valence-electron chi connectivity index (χ4n) is 1.63. The van der Waals surface area contributed by atoms with Crippen molar-refractivity contribution in [3.05, 3.63) is 57.5 Å². The Morgan fingerprint density at radius 1 is 1.41 bits per heavy atom. The predicted molar refractivity (Wildman–Crippen MR) is 63.9 cm³/mol. The average molecular weight is 231 g/mol. The summed E-state index contributed by atoms with van der Waals surface area (Å²) in [5.41, 5.74) is 6.88. The highest BCUT2D eigenvalue weighted by molar-refractivity contribution is 5.96. The summed E-state index contributed by atoms with van der Waals surface area (Å²) in [6, 6.07) is 8.45. The van der Waals surface area contributed by atoms with Gasteiger partial charge in [0.15, 0.2) is 0 Å². The van der Waals surface area contributed by atoms with Crippen molar-refractivity contribution < 1.29 is 4.79 Å². The minimum absolute atomic E-state index is 0.198. The highest BCUT2D eigenvalue weighted by atomic mass is 16.2. The van der Waals surface area contributed by atoms with E-state index in [2.05, 4.69) is 5.10 Å². The van der Waals surface area contributed by atoms with E-state index >= 15 is 0 Å². The van der Waals surface area contributed by atoms with Crippen LogP contribution in [-0.2, 0) is 6.54 Å². The van der Waals surface area contributed by atoms with E-state index in [0.717, 1.165) is 10.2 Å². The van der Waals surface area contributed by atoms with E-state index < -0.39 is 5.56 Å². The number of hydrogen-bond acceptors (Lipinski definition) is 3. The maximum atomic E-state index is 12.1. The monoisotopic (exact) mass is 231 g/mol. The lowest BCUT2D eigenvalue weighted by atomic mass is 10.1. The normalized spacial score (nSPS) is 10.5. The van der Waals surface area contributed by atoms with Gasteiger partial charge in [-0.05, 0) is 18.6 Å². The van der Waals surface area contributed by atoms with Gasteiger partial charge in [-0.3, -0.25) is 14.7 Å². The first kappa shape index (κ1) is 11.3. The largest absolute Gasteiger partial charge is 0.325 e. The second kappa shape index (κ2) is 4.39. The number of nitrogens with zero attached hydrogens (tertiary/aromatic N) is 1. The molecule has 0 bridgehead atoms. The number of aromatic nitrogens is 2. The van der Waals surface area contributed by atoms with Crippen LogP contribution in [0.3, 0.4) is 0 Å². The van der Waals surface area contributed by atoms with Gasteiger partial charge >= 0.3 is 0 Å². The van der Waals surface area contributed by atoms with Crippen molar-refractivity contribution in [2.24, 2.45) is 5.73 Å². The van der Waals surface area contributed by atoms with Gasteiger partial charge in [-0.15, -0.1) is 0 Å². The first-order valence-corrected chi connectivity index (χ1v) is 5.25. The molecule has 88 valence electrons. The fraction of sp³-hybridized carbons (Fsp3) is 0.167. The third-order valence-corrected chi connectivity index (χ3v) is 2.57. The number of benzene rings is 1. The molecule has 0 fully saturated rings. The predicted octanol–water partition coefficient (Wildman–Crippen LogP) is 0.632. The zero-order valence-corrected chi connectivity index (χ0v) is 9.43. The molecule has 0 unspecified atom stereocenters. The van der Waals surface area contributed by atoms with Crippen molar-refractivity contribution in [1.29, 1.82) is 0 Å². The van der Waals surface area contributed by atoms with E-state index in [9.17, 15) is 9.59 Å². The number of carbonyl (C=O) groups excluding carboxylic acids is 1. The minimum Gasteiger partial charge on any atom is -0.325 e. The van der Waals surface area contributed by atoms with Crippen LogP contribution in [0.15, 0.2) is 35.1 Å². The molecule has 0 aliphatic rings. The van der Waals surface area contributed by atoms with Crippen LogP contribution in [0.25, 0.3) is 0 Å². The summed E-state index contributed by atoms with van der Waals surface area (Å²) in [7, 11) is 0. The molecule has 2 rings (SSSR count). The second-order valence-corrected chi connectivity index (χ2v) is 3.78. The number of nitrogens with one attached hydrogen (secondary N) is 1. The summed E-state index contributed by atoms with van der Waals surface area (Å²) >= 11 is 0. The molecule has 5 nitrogen and oxygen atoms in total. The van der Waals surface area contributed by atoms with Crippen molar-refractivity contribution in [2.45, 2.75) is 13.5 Å². The van der Waals surface area contributed by atoms with E-state index in [1.165, 1.54) is 6.07 Å². The Morgan fingerprint density at radius 3 is 2.71 bits per heavy atom. The van der Waals surface area contributed by atoms with Gasteiger partial charge in [0, 0.05) is 18.2 Å². The van der Waals surface area contributed by atoms with E-state index in [0.29, 0.717) is 11.3 Å². The highest BCUT2D eigenvalue weighted by Crippen LogP contribution is 2.08. The van der Waals surface area contributed by atoms with Crippen LogP contribution in [0, 0.1) is 6.92 Å². The smallest absolute Gasteiger partial charge is 0.279 e. The maximum Gasteiger partial charge on any atom is 0.279 e. The molecule has 0 aliphatic carbocycles. The molecule has 0 spiro atoms. The minimum atomic E-state index is -0.390. The van der Waals surface area contributed by atoms with E-state index in [4.69, 9.17) is 5.73 Å². The zero-order valence-electron chi connectivity index (χ0n) is 9.43. The lowest BCUT2D eigenvalue weighted by Gasteiger charge is -2.04. The molecule has 3 N–H and O–H groups in total. The molecule has 0 saturated heterocycles. The van der Waals surface area contributed by atoms with Gasteiger partial charge in [0.1, 0.15) is 0 Å². The van der Waals surface area contributed by atoms with Crippen LogP contribution in [0.1, 0.15) is 21.6 Å². The topological polar surface area (TPSA) is 80.9 Å². The average Bonchev–Trinajstić information content (AvgIpc) is 2.70. The van der Waals surface area contributed by atoms with E-state index in [-0.39, 0.29) is 12.5 Å². The SMILES string of the molecule is Cc1ccccc1C(=O)n1[nH]c(CN)cc1=O. The van der Waals surface area contributed by atoms with E-state index in [1.54, 1.807) is 12.1 Å². The summed E-state index contributed by atoms with van der Waals surface area (Å²) in [5.74, 6) is -0.368. The summed E-state index contributed by atoms with van der Waals surface area (Å²) in [4.78, 5) is 23.7. The Hall–Kier alpha value is -2.14. The van der Waals surface area contributed by atoms with E-state index in [1.807, 2.05) is 19.1 Å². The fourth-order valence-corrected chi connectivity index (χ4v) is 1.63. The summed E-state index contributed by atoms with van der Waals surface area (Å²) < 4.78 is 0.977. The quantitative estimate of drug-likeness (QED) is 0.795. The zero-order chi connectivity index (χ0) is 12.4. The van der Waals surface area contributed by atoms with Crippen molar-refractivity contribution in [1.82, 2.24) is 9.78 Å². The van der Waals surface area contributed by atoms with Gasteiger partial charge in [0.2, 0.25) is 0 Å². The summed E-state index contributed by atoms with van der Waals surface area (Å²) in [6.45, 7) is 2.02. The lowest BCUT2D eigenvalue weighted by Crippen LogP contribution is -2.25. The van der Waals surface area contributed by atoms with Crippen molar-refractivity contribution in [2.75, 3.05) is 0 Å². The van der Waals surface area contributed by atoms with Crippen LogP contribution in [0.4, 0.5) is 0 Å². The first-order valence-electron chi connectivity index (χ1n) is 5.25. The first-order chi connectivity index (χ1) is 8.13. The number of hydrogen-bond donors (Lipinski definition) is 2. The van der Waals surface area contributed by atoms with Crippen molar-refractivity contribution >= 4 is 5.91 Å². The Bertz CT molecular complexity index is 610. The molecule has 5 heteroatoms. The third kappa shape index (κ3) is 2.05. The van der Waals surface area contributed by atoms with Gasteiger partial charge < -0.3 is 5.73 Å². The molecule has 0 saturated carbocycles. The maximum absolute atomic E-state index is 12.1. The van der Waals surface area contributed by atoms with Gasteiger partial charge in [-0.1, -0.05) is 18.2 Å². The Labute approximate surface area is 97.9 Å². The molecule has 1 aromatic heterocycles. The van der Waals surface area contributed by atoms with Crippen molar-refractivity contribution in [3.63, 3.8) is 0 Å². The van der Waals surface area contributed by atoms with Crippen LogP contribution in [0.2, 0.25) is 0 Å². The van der Waals surface area contributed by atoms with Gasteiger partial charge in [-0.25, -0.2) is 0 Å². The van der Waals surface area contributed by atoms with Crippen LogP contribution in [0.5, 0.6) is 0 Å². The van der Waals surface area contributed by atoms with Gasteiger partial charge in [-0.2, -0.15) is 4.68 Å². The Kier molecular flexibility index (Phi) is 2.93. The third-order valence-electron chi connectivity index (χ3n) is 2.57. The lowest BCUT2D eigenvalue weighted by molar-refractivity contribution is 0.0940. The molecule has 0 amide bonds. The summed E-state index contributed by atoms with van der Waals surface area (Å²) in [6.07, 6.45) is 0. The molecule has 0 atom stereocenters. The van der Waals surface area contributed by atoms with Crippen LogP contribution >= 0.6 is 0 Å². The summed E-state index contributed by atoms with van der Waals surface area (Å²) in [5, 5.41) is 2.69. The molecule has 2 aromatic rings. The number of H-pyrrole nitrogens is 1. The van der Waals surface area contributed by atoms with Crippen LogP contribution < -0.4 is 11.3 Å². The van der Waals surface area contributed by atoms with Crippen molar-refractivity contribution in [3.8, 4) is 0 Å². The molecular formula is C12H13N3O2. The number of aromatic amines is 1. The standard InChI is InChI=1S/C12H13N3O2/c1-8-4-2-3-5-10(8)12(17)15-11(16)6-9(7-13)14-15/h2-6,14H,7,13H2,1H3. The molecule has 0 aliphatic heterocycles. The molecule has 1 aromatic carbocycles. The molecular weight excluding hydrogens is 218 g/mol. The molecule has 0 radical (unpaired) electrons.